The summed E-state index contributed by atoms with van der Waals surface area (Å²) in [5.41, 5.74) is 2.13. The molecule has 2 aromatic carbocycles. The van der Waals surface area contributed by atoms with E-state index >= 15 is 0 Å². The third kappa shape index (κ3) is 3.67. The van der Waals surface area contributed by atoms with Crippen molar-refractivity contribution in [1.82, 2.24) is 5.32 Å². The highest BCUT2D eigenvalue weighted by Gasteiger charge is 2.06. The molecular formula is C15H16BrNO. The number of aliphatic hydroxyl groups excluding tert-OH is 1. The standard InChI is InChI=1S/C15H16BrNO/c16-14-9-5-4-8-13(14)10-17-11-15(18)12-6-2-1-3-7-12/h1-9,15,17-18H,10-11H2. The highest BCUT2D eigenvalue weighted by molar-refractivity contribution is 9.10. The van der Waals surface area contributed by atoms with Crippen LogP contribution in [0.1, 0.15) is 17.2 Å². The molecule has 94 valence electrons. The van der Waals surface area contributed by atoms with E-state index in [-0.39, 0.29) is 0 Å². The van der Waals surface area contributed by atoms with E-state index in [9.17, 15) is 5.11 Å². The molecule has 18 heavy (non-hydrogen) atoms. The molecule has 0 bridgehead atoms. The molecule has 0 saturated heterocycles. The molecule has 0 fully saturated rings. The monoisotopic (exact) mass is 305 g/mol. The van der Waals surface area contributed by atoms with E-state index in [4.69, 9.17) is 0 Å². The van der Waals surface area contributed by atoms with Gasteiger partial charge >= 0.3 is 0 Å². The first-order valence-corrected chi connectivity index (χ1v) is 6.74. The number of hydrogen-bond acceptors (Lipinski definition) is 2. The van der Waals surface area contributed by atoms with Gasteiger partial charge in [0.2, 0.25) is 0 Å². The lowest BCUT2D eigenvalue weighted by Gasteiger charge is -2.12. The Morgan fingerprint density at radius 3 is 2.39 bits per heavy atom. The minimum absolute atomic E-state index is 0.464. The van der Waals surface area contributed by atoms with Crippen LogP contribution < -0.4 is 5.32 Å². The summed E-state index contributed by atoms with van der Waals surface area (Å²) in [4.78, 5) is 0. The Hall–Kier alpha value is -1.16. The fourth-order valence-electron chi connectivity index (χ4n) is 1.78. The van der Waals surface area contributed by atoms with Gasteiger partial charge in [-0.25, -0.2) is 0 Å². The molecule has 0 aromatic heterocycles. The highest BCUT2D eigenvalue weighted by atomic mass is 79.9. The molecule has 0 saturated carbocycles. The summed E-state index contributed by atoms with van der Waals surface area (Å²) >= 11 is 3.51. The van der Waals surface area contributed by atoms with Crippen LogP contribution in [0.15, 0.2) is 59.1 Å². The third-order valence-corrected chi connectivity index (χ3v) is 3.57. The van der Waals surface area contributed by atoms with E-state index in [0.29, 0.717) is 6.54 Å². The molecule has 0 amide bonds. The van der Waals surface area contributed by atoms with Crippen molar-refractivity contribution in [2.24, 2.45) is 0 Å². The molecule has 2 nitrogen and oxygen atoms in total. The second-order valence-corrected chi connectivity index (χ2v) is 5.00. The van der Waals surface area contributed by atoms with Crippen molar-refractivity contribution >= 4 is 15.9 Å². The zero-order valence-electron chi connectivity index (χ0n) is 10.0. The fraction of sp³-hybridized carbons (Fsp3) is 0.200. The van der Waals surface area contributed by atoms with Crippen LogP contribution >= 0.6 is 15.9 Å². The summed E-state index contributed by atoms with van der Waals surface area (Å²) in [6.07, 6.45) is -0.464. The first-order valence-electron chi connectivity index (χ1n) is 5.94. The second-order valence-electron chi connectivity index (χ2n) is 4.15. The maximum Gasteiger partial charge on any atom is 0.0914 e. The summed E-state index contributed by atoms with van der Waals surface area (Å²) < 4.78 is 1.09. The van der Waals surface area contributed by atoms with Gasteiger partial charge in [0.25, 0.3) is 0 Å². The molecule has 2 aromatic rings. The van der Waals surface area contributed by atoms with Gasteiger partial charge in [0.15, 0.2) is 0 Å². The van der Waals surface area contributed by atoms with Gasteiger partial charge in [0, 0.05) is 17.6 Å². The second kappa shape index (κ2) is 6.69. The van der Waals surface area contributed by atoms with Crippen LogP contribution in [0.3, 0.4) is 0 Å². The summed E-state index contributed by atoms with van der Waals surface area (Å²) in [5.74, 6) is 0. The summed E-state index contributed by atoms with van der Waals surface area (Å²) in [7, 11) is 0. The van der Waals surface area contributed by atoms with Crippen LogP contribution in [0, 0.1) is 0 Å². The van der Waals surface area contributed by atoms with Gasteiger partial charge in [0.05, 0.1) is 6.10 Å². The van der Waals surface area contributed by atoms with Crippen LogP contribution in [0.4, 0.5) is 0 Å². The van der Waals surface area contributed by atoms with E-state index in [1.54, 1.807) is 0 Å². The van der Waals surface area contributed by atoms with Crippen molar-refractivity contribution in [3.63, 3.8) is 0 Å². The predicted molar refractivity (Wildman–Crippen MR) is 77.3 cm³/mol. The van der Waals surface area contributed by atoms with Gasteiger partial charge in [-0.3, -0.25) is 0 Å². The summed E-state index contributed by atoms with van der Waals surface area (Å²) in [6, 6.07) is 17.8. The topological polar surface area (TPSA) is 32.3 Å². The van der Waals surface area contributed by atoms with Gasteiger partial charge in [-0.1, -0.05) is 64.5 Å². The predicted octanol–water partition coefficient (Wildman–Crippen LogP) is 3.27. The van der Waals surface area contributed by atoms with E-state index in [1.807, 2.05) is 48.5 Å². The van der Waals surface area contributed by atoms with E-state index in [1.165, 1.54) is 5.56 Å². The SMILES string of the molecule is OC(CNCc1ccccc1Br)c1ccccc1. The maximum absolute atomic E-state index is 9.99. The quantitative estimate of drug-likeness (QED) is 0.888. The van der Waals surface area contributed by atoms with Gasteiger partial charge in [0.1, 0.15) is 0 Å². The normalized spacial score (nSPS) is 12.3. The maximum atomic E-state index is 9.99. The molecule has 0 aliphatic heterocycles. The Bertz CT molecular complexity index is 487. The van der Waals surface area contributed by atoms with Crippen LogP contribution in [0.2, 0.25) is 0 Å². The zero-order chi connectivity index (χ0) is 12.8. The molecule has 1 atom stereocenters. The van der Waals surface area contributed by atoms with Crippen molar-refractivity contribution < 1.29 is 5.11 Å². The number of benzene rings is 2. The molecule has 2 N–H and O–H groups in total. The van der Waals surface area contributed by atoms with Gasteiger partial charge in [-0.05, 0) is 17.2 Å². The van der Waals surface area contributed by atoms with Crippen LogP contribution in [0.5, 0.6) is 0 Å². The number of nitrogens with one attached hydrogen (secondary N) is 1. The summed E-state index contributed by atoms with van der Waals surface area (Å²) in [5, 5.41) is 13.3. The van der Waals surface area contributed by atoms with E-state index < -0.39 is 6.10 Å². The molecule has 3 heteroatoms. The number of hydrogen-bond donors (Lipinski definition) is 2. The Balaban J connectivity index is 1.84. The molecule has 1 unspecified atom stereocenters. The van der Waals surface area contributed by atoms with Gasteiger partial charge in [-0.2, -0.15) is 0 Å². The zero-order valence-corrected chi connectivity index (χ0v) is 11.6. The highest BCUT2D eigenvalue weighted by Crippen LogP contribution is 2.16. The van der Waals surface area contributed by atoms with Crippen LogP contribution in [-0.4, -0.2) is 11.7 Å². The molecule has 0 heterocycles. The molecule has 0 aliphatic carbocycles. The lowest BCUT2D eigenvalue weighted by atomic mass is 10.1. The summed E-state index contributed by atoms with van der Waals surface area (Å²) in [6.45, 7) is 1.29. The Morgan fingerprint density at radius 1 is 1.00 bits per heavy atom. The largest absolute Gasteiger partial charge is 0.387 e. The number of rotatable bonds is 5. The average molecular weight is 306 g/mol. The Labute approximate surface area is 116 Å². The molecular weight excluding hydrogens is 290 g/mol. The third-order valence-electron chi connectivity index (χ3n) is 2.80. The Morgan fingerprint density at radius 2 is 1.67 bits per heavy atom. The van der Waals surface area contributed by atoms with Crippen molar-refractivity contribution in [2.45, 2.75) is 12.6 Å². The average Bonchev–Trinajstić information content (AvgIpc) is 2.42. The van der Waals surface area contributed by atoms with Crippen molar-refractivity contribution in [2.75, 3.05) is 6.54 Å². The number of halogens is 1. The van der Waals surface area contributed by atoms with E-state index in [2.05, 4.69) is 27.3 Å². The minimum Gasteiger partial charge on any atom is -0.387 e. The van der Waals surface area contributed by atoms with Crippen molar-refractivity contribution in [1.29, 1.82) is 0 Å². The molecule has 0 aliphatic rings. The van der Waals surface area contributed by atoms with E-state index in [0.717, 1.165) is 16.6 Å². The number of aliphatic hydroxyl groups is 1. The lowest BCUT2D eigenvalue weighted by molar-refractivity contribution is 0.174. The van der Waals surface area contributed by atoms with Gasteiger partial charge < -0.3 is 10.4 Å². The first kappa shape index (κ1) is 13.3. The van der Waals surface area contributed by atoms with Crippen LogP contribution in [0.25, 0.3) is 0 Å². The fourth-order valence-corrected chi connectivity index (χ4v) is 2.20. The molecule has 2 rings (SSSR count). The first-order chi connectivity index (χ1) is 8.77. The minimum atomic E-state index is -0.464. The van der Waals surface area contributed by atoms with Gasteiger partial charge in [-0.15, -0.1) is 0 Å². The smallest absolute Gasteiger partial charge is 0.0914 e. The molecule has 0 spiro atoms. The van der Waals surface area contributed by atoms with Crippen molar-refractivity contribution in [3.05, 3.63) is 70.2 Å². The molecule has 0 radical (unpaired) electrons. The van der Waals surface area contributed by atoms with Crippen LogP contribution in [-0.2, 0) is 6.54 Å². The lowest BCUT2D eigenvalue weighted by Crippen LogP contribution is -2.21. The van der Waals surface area contributed by atoms with Crippen molar-refractivity contribution in [3.8, 4) is 0 Å². The Kier molecular flexibility index (Phi) is 4.93.